The Kier molecular flexibility index (Phi) is 6.13. The van der Waals surface area contributed by atoms with E-state index >= 15 is 0 Å². The smallest absolute Gasteiger partial charge is 0.317 e. The van der Waals surface area contributed by atoms with Gasteiger partial charge in [0.2, 0.25) is 11.9 Å². The summed E-state index contributed by atoms with van der Waals surface area (Å²) in [7, 11) is 0. The molecule has 9 heteroatoms. The van der Waals surface area contributed by atoms with Crippen molar-refractivity contribution < 1.29 is 14.3 Å². The van der Waals surface area contributed by atoms with Crippen molar-refractivity contribution in [3.05, 3.63) is 48.0 Å². The molecule has 1 aromatic carbocycles. The predicted octanol–water partition coefficient (Wildman–Crippen LogP) is 2.53. The Bertz CT molecular complexity index is 1070. The monoisotopic (exact) mass is 422 g/mol. The molecule has 1 aliphatic heterocycles. The van der Waals surface area contributed by atoms with E-state index in [4.69, 9.17) is 4.74 Å². The first-order valence-electron chi connectivity index (χ1n) is 10.4. The van der Waals surface area contributed by atoms with Gasteiger partial charge in [-0.15, -0.1) is 5.10 Å². The van der Waals surface area contributed by atoms with Crippen molar-refractivity contribution in [1.82, 2.24) is 24.8 Å². The van der Waals surface area contributed by atoms with Gasteiger partial charge in [0.25, 0.3) is 0 Å². The maximum absolute atomic E-state index is 12.2. The fourth-order valence-electron chi connectivity index (χ4n) is 3.28. The number of anilines is 1. The summed E-state index contributed by atoms with van der Waals surface area (Å²) in [6.45, 7) is 6.49. The second-order valence-electron chi connectivity index (χ2n) is 7.72. The Labute approximate surface area is 180 Å². The molecule has 0 saturated carbocycles. The third-order valence-corrected chi connectivity index (χ3v) is 5.11. The van der Waals surface area contributed by atoms with Gasteiger partial charge < -0.3 is 15.0 Å². The van der Waals surface area contributed by atoms with Crippen molar-refractivity contribution in [2.75, 3.05) is 31.6 Å². The van der Waals surface area contributed by atoms with Gasteiger partial charge in [0.1, 0.15) is 0 Å². The Morgan fingerprint density at radius 1 is 1.10 bits per heavy atom. The lowest BCUT2D eigenvalue weighted by atomic mass is 10.1. The van der Waals surface area contributed by atoms with Gasteiger partial charge in [0.15, 0.2) is 5.65 Å². The quantitative estimate of drug-likeness (QED) is 0.658. The molecule has 1 fully saturated rings. The van der Waals surface area contributed by atoms with Gasteiger partial charge in [-0.1, -0.05) is 44.2 Å². The Hall–Kier alpha value is -3.46. The molecular formula is C22H26N6O3. The highest BCUT2D eigenvalue weighted by Crippen LogP contribution is 2.21. The van der Waals surface area contributed by atoms with Crippen molar-refractivity contribution in [2.45, 2.75) is 20.4 Å². The maximum atomic E-state index is 12.2. The largest absolute Gasteiger partial charge is 0.378 e. The second-order valence-corrected chi connectivity index (χ2v) is 7.72. The van der Waals surface area contributed by atoms with E-state index in [0.717, 1.165) is 16.8 Å². The molecule has 0 atom stereocenters. The molecule has 3 amide bonds. The summed E-state index contributed by atoms with van der Waals surface area (Å²) in [6, 6.07) is 13.6. The molecule has 2 N–H and O–H groups in total. The summed E-state index contributed by atoms with van der Waals surface area (Å²) in [4.78, 5) is 30.3. The van der Waals surface area contributed by atoms with Crippen LogP contribution >= 0.6 is 0 Å². The topological polar surface area (TPSA) is 101 Å². The zero-order valence-corrected chi connectivity index (χ0v) is 17.7. The van der Waals surface area contributed by atoms with E-state index in [-0.39, 0.29) is 23.8 Å². The van der Waals surface area contributed by atoms with Crippen LogP contribution in [0.1, 0.15) is 19.4 Å². The summed E-state index contributed by atoms with van der Waals surface area (Å²) in [5, 5.41) is 10.1. The van der Waals surface area contributed by atoms with E-state index in [9.17, 15) is 9.59 Å². The molecule has 0 spiro atoms. The lowest BCUT2D eigenvalue weighted by Crippen LogP contribution is -2.45. The van der Waals surface area contributed by atoms with Crippen molar-refractivity contribution in [2.24, 2.45) is 5.92 Å². The molecule has 1 saturated heterocycles. The van der Waals surface area contributed by atoms with Crippen molar-refractivity contribution in [3.63, 3.8) is 0 Å². The number of benzene rings is 1. The Morgan fingerprint density at radius 3 is 2.55 bits per heavy atom. The van der Waals surface area contributed by atoms with Crippen LogP contribution in [-0.4, -0.2) is 57.7 Å². The number of aromatic nitrogens is 3. The molecule has 0 bridgehead atoms. The number of carbonyl (C=O) groups excluding carboxylic acids is 2. The molecule has 0 aliphatic carbocycles. The van der Waals surface area contributed by atoms with E-state index < -0.39 is 0 Å². The van der Waals surface area contributed by atoms with E-state index in [1.165, 1.54) is 0 Å². The zero-order valence-electron chi connectivity index (χ0n) is 17.7. The number of nitrogens with zero attached hydrogens (tertiary/aromatic N) is 4. The second kappa shape index (κ2) is 9.13. The number of urea groups is 1. The van der Waals surface area contributed by atoms with Crippen molar-refractivity contribution in [3.8, 4) is 11.3 Å². The highest BCUT2D eigenvalue weighted by atomic mass is 16.5. The number of ether oxygens (including phenoxy) is 1. The predicted molar refractivity (Wildman–Crippen MR) is 117 cm³/mol. The van der Waals surface area contributed by atoms with E-state index in [2.05, 4.69) is 20.7 Å². The first-order chi connectivity index (χ1) is 15.0. The van der Waals surface area contributed by atoms with Gasteiger partial charge in [-0.25, -0.2) is 9.31 Å². The highest BCUT2D eigenvalue weighted by molar-refractivity contribution is 5.90. The molecule has 2 aromatic heterocycles. The summed E-state index contributed by atoms with van der Waals surface area (Å²) >= 11 is 0. The summed E-state index contributed by atoms with van der Waals surface area (Å²) in [5.74, 6) is 0.0110. The zero-order chi connectivity index (χ0) is 21.8. The maximum Gasteiger partial charge on any atom is 0.317 e. The van der Waals surface area contributed by atoms with Crippen molar-refractivity contribution >= 4 is 23.5 Å². The van der Waals surface area contributed by atoms with Crippen LogP contribution in [0.5, 0.6) is 0 Å². The minimum atomic E-state index is -0.151. The van der Waals surface area contributed by atoms with E-state index in [1.807, 2.05) is 56.3 Å². The summed E-state index contributed by atoms with van der Waals surface area (Å²) < 4.78 is 6.99. The Morgan fingerprint density at radius 2 is 1.84 bits per heavy atom. The van der Waals surface area contributed by atoms with Crippen LogP contribution in [-0.2, 0) is 16.1 Å². The van der Waals surface area contributed by atoms with Crippen LogP contribution in [0.2, 0.25) is 0 Å². The molecule has 3 aromatic rings. The lowest BCUT2D eigenvalue weighted by molar-refractivity contribution is -0.118. The van der Waals surface area contributed by atoms with Crippen LogP contribution in [0.4, 0.5) is 10.7 Å². The number of carbonyl (C=O) groups is 2. The number of amides is 3. The molecule has 31 heavy (non-hydrogen) atoms. The van der Waals surface area contributed by atoms with Crippen LogP contribution in [0.3, 0.4) is 0 Å². The molecule has 4 rings (SSSR count). The average molecular weight is 422 g/mol. The summed E-state index contributed by atoms with van der Waals surface area (Å²) in [5.41, 5.74) is 3.47. The molecule has 0 unspecified atom stereocenters. The van der Waals surface area contributed by atoms with Gasteiger partial charge in [-0.3, -0.25) is 10.1 Å². The first kappa shape index (κ1) is 20.8. The molecule has 9 nitrogen and oxygen atoms in total. The number of hydrogen-bond acceptors (Lipinski definition) is 5. The Balaban J connectivity index is 1.46. The first-order valence-corrected chi connectivity index (χ1v) is 10.4. The van der Waals surface area contributed by atoms with Gasteiger partial charge >= 0.3 is 6.03 Å². The standard InChI is InChI=1S/C22H26N6O3/c1-15(2)20(29)25-21-24-19-5-3-4-18(28(19)26-21)17-8-6-16(7-9-17)14-23-22(30)27-10-12-31-13-11-27/h3-9,15H,10-14H2,1-2H3,(H,23,30)(H,25,26,29). The molecule has 162 valence electrons. The normalized spacial score (nSPS) is 14.1. The lowest BCUT2D eigenvalue weighted by Gasteiger charge is -2.26. The molecular weight excluding hydrogens is 396 g/mol. The SMILES string of the molecule is CC(C)C(=O)Nc1nc2cccc(-c3ccc(CNC(=O)N4CCOCC4)cc3)n2n1. The number of pyridine rings is 1. The molecule has 3 heterocycles. The fraction of sp³-hybridized carbons (Fsp3) is 0.364. The van der Waals surface area contributed by atoms with Gasteiger partial charge in [-0.05, 0) is 17.7 Å². The van der Waals surface area contributed by atoms with E-state index in [1.54, 1.807) is 9.42 Å². The van der Waals surface area contributed by atoms with Crippen LogP contribution in [0, 0.1) is 5.92 Å². The number of hydrogen-bond donors (Lipinski definition) is 2. The number of fused-ring (bicyclic) bond motifs is 1. The molecule has 0 radical (unpaired) electrons. The van der Waals surface area contributed by atoms with Crippen LogP contribution in [0.15, 0.2) is 42.5 Å². The minimum absolute atomic E-state index is 0.0734. The van der Waals surface area contributed by atoms with Gasteiger partial charge in [-0.2, -0.15) is 4.98 Å². The number of rotatable bonds is 5. The van der Waals surface area contributed by atoms with E-state index in [0.29, 0.717) is 38.5 Å². The van der Waals surface area contributed by atoms with Crippen LogP contribution < -0.4 is 10.6 Å². The minimum Gasteiger partial charge on any atom is -0.378 e. The van der Waals surface area contributed by atoms with Gasteiger partial charge in [0.05, 0.1) is 18.9 Å². The van der Waals surface area contributed by atoms with Crippen molar-refractivity contribution in [1.29, 1.82) is 0 Å². The van der Waals surface area contributed by atoms with Crippen LogP contribution in [0.25, 0.3) is 16.9 Å². The third-order valence-electron chi connectivity index (χ3n) is 5.11. The fourth-order valence-corrected chi connectivity index (χ4v) is 3.28. The van der Waals surface area contributed by atoms with Gasteiger partial charge in [0, 0.05) is 31.1 Å². The average Bonchev–Trinajstić information content (AvgIpc) is 3.21. The third kappa shape index (κ3) is 4.83. The molecule has 1 aliphatic rings. The number of nitrogens with one attached hydrogen (secondary N) is 2. The highest BCUT2D eigenvalue weighted by Gasteiger charge is 2.16. The summed E-state index contributed by atoms with van der Waals surface area (Å²) in [6.07, 6.45) is 0. The number of morpholine rings is 1.